The summed E-state index contributed by atoms with van der Waals surface area (Å²) in [7, 11) is 1.83. The van der Waals surface area contributed by atoms with E-state index in [1.807, 2.05) is 58.3 Å². The molecule has 0 aliphatic heterocycles. The number of amides is 2. The lowest BCUT2D eigenvalue weighted by Crippen LogP contribution is -2.37. The Morgan fingerprint density at radius 1 is 1.15 bits per heavy atom. The lowest BCUT2D eigenvalue weighted by molar-refractivity contribution is -0.131. The van der Waals surface area contributed by atoms with Crippen LogP contribution in [-0.2, 0) is 16.0 Å². The third-order valence-electron chi connectivity index (χ3n) is 4.31. The third-order valence-corrected chi connectivity index (χ3v) is 4.31. The highest BCUT2D eigenvalue weighted by Crippen LogP contribution is 2.14. The molecule has 5 nitrogen and oxygen atoms in total. The number of nitrogens with zero attached hydrogens (tertiary/aromatic N) is 2. The molecule has 1 aromatic carbocycles. The Morgan fingerprint density at radius 3 is 2.65 bits per heavy atom. The summed E-state index contributed by atoms with van der Waals surface area (Å²) < 4.78 is 0. The first-order valence-corrected chi connectivity index (χ1v) is 9.18. The molecular weight excluding hydrogens is 326 g/mol. The van der Waals surface area contributed by atoms with Gasteiger partial charge in [-0.25, -0.2) is 0 Å². The second-order valence-electron chi connectivity index (χ2n) is 7.52. The molecule has 0 spiro atoms. The van der Waals surface area contributed by atoms with Gasteiger partial charge in [-0.1, -0.05) is 39.0 Å². The highest BCUT2D eigenvalue weighted by molar-refractivity contribution is 5.84. The van der Waals surface area contributed by atoms with E-state index in [-0.39, 0.29) is 17.7 Å². The standard InChI is InChI=1S/C21H29N3O2/c1-15(2)9-21(26)24(4)14-16(3)12-23-20(25)11-17-5-6-19-13-22-8-7-18(19)10-17/h5-8,10,13,15-16H,9,11-12,14H2,1-4H3,(H,23,25). The number of pyridine rings is 1. The molecule has 1 N–H and O–H groups in total. The predicted molar refractivity (Wildman–Crippen MR) is 105 cm³/mol. The molecule has 0 aliphatic rings. The molecule has 1 aromatic heterocycles. The van der Waals surface area contributed by atoms with Crippen LogP contribution in [0.15, 0.2) is 36.7 Å². The van der Waals surface area contributed by atoms with Crippen LogP contribution in [0, 0.1) is 11.8 Å². The number of rotatable bonds is 8. The number of fused-ring (bicyclic) bond motifs is 1. The van der Waals surface area contributed by atoms with Gasteiger partial charge in [0.15, 0.2) is 0 Å². The largest absolute Gasteiger partial charge is 0.355 e. The van der Waals surface area contributed by atoms with Gasteiger partial charge in [-0.05, 0) is 28.9 Å². The molecule has 2 aromatic rings. The van der Waals surface area contributed by atoms with Crippen LogP contribution >= 0.6 is 0 Å². The van der Waals surface area contributed by atoms with E-state index < -0.39 is 0 Å². The van der Waals surface area contributed by atoms with Crippen molar-refractivity contribution in [3.63, 3.8) is 0 Å². The Balaban J connectivity index is 1.79. The van der Waals surface area contributed by atoms with Crippen LogP contribution in [0.1, 0.15) is 32.8 Å². The highest BCUT2D eigenvalue weighted by atomic mass is 16.2. The van der Waals surface area contributed by atoms with Gasteiger partial charge in [-0.15, -0.1) is 0 Å². The van der Waals surface area contributed by atoms with Crippen LogP contribution in [0.3, 0.4) is 0 Å². The van der Waals surface area contributed by atoms with Crippen LogP contribution in [-0.4, -0.2) is 41.8 Å². The van der Waals surface area contributed by atoms with E-state index in [1.54, 1.807) is 11.1 Å². The van der Waals surface area contributed by atoms with Crippen molar-refractivity contribution in [2.24, 2.45) is 11.8 Å². The smallest absolute Gasteiger partial charge is 0.224 e. The summed E-state index contributed by atoms with van der Waals surface area (Å²) in [6.07, 6.45) is 4.49. The van der Waals surface area contributed by atoms with E-state index in [9.17, 15) is 9.59 Å². The molecule has 2 amide bonds. The van der Waals surface area contributed by atoms with E-state index in [0.29, 0.717) is 31.8 Å². The summed E-state index contributed by atoms with van der Waals surface area (Å²) in [6.45, 7) is 7.34. The number of hydrogen-bond donors (Lipinski definition) is 1. The second kappa shape index (κ2) is 9.32. The SMILES string of the molecule is CC(C)CC(=O)N(C)CC(C)CNC(=O)Cc1ccc2cnccc2c1. The first-order chi connectivity index (χ1) is 12.3. The van der Waals surface area contributed by atoms with Crippen LogP contribution in [0.4, 0.5) is 0 Å². The molecule has 0 radical (unpaired) electrons. The molecule has 140 valence electrons. The summed E-state index contributed by atoms with van der Waals surface area (Å²) >= 11 is 0. The van der Waals surface area contributed by atoms with Crippen LogP contribution < -0.4 is 5.32 Å². The van der Waals surface area contributed by atoms with E-state index in [0.717, 1.165) is 16.3 Å². The third kappa shape index (κ3) is 6.14. The van der Waals surface area contributed by atoms with Gasteiger partial charge in [0.2, 0.25) is 11.8 Å². The molecule has 0 fully saturated rings. The van der Waals surface area contributed by atoms with Crippen molar-refractivity contribution >= 4 is 22.6 Å². The molecule has 0 saturated heterocycles. The highest BCUT2D eigenvalue weighted by Gasteiger charge is 2.14. The van der Waals surface area contributed by atoms with Crippen molar-refractivity contribution in [1.82, 2.24) is 15.2 Å². The summed E-state index contributed by atoms with van der Waals surface area (Å²) in [5, 5.41) is 5.13. The van der Waals surface area contributed by atoms with Crippen LogP contribution in [0.2, 0.25) is 0 Å². The summed E-state index contributed by atoms with van der Waals surface area (Å²) in [5.41, 5.74) is 0.984. The van der Waals surface area contributed by atoms with Gasteiger partial charge < -0.3 is 10.2 Å². The maximum Gasteiger partial charge on any atom is 0.224 e. The van der Waals surface area contributed by atoms with Gasteiger partial charge in [-0.3, -0.25) is 14.6 Å². The molecule has 26 heavy (non-hydrogen) atoms. The maximum atomic E-state index is 12.2. The number of nitrogens with one attached hydrogen (secondary N) is 1. The average molecular weight is 355 g/mol. The molecule has 5 heteroatoms. The molecule has 0 saturated carbocycles. The number of benzene rings is 1. The van der Waals surface area contributed by atoms with E-state index in [2.05, 4.69) is 10.3 Å². The van der Waals surface area contributed by atoms with Crippen molar-refractivity contribution in [1.29, 1.82) is 0 Å². The first kappa shape index (κ1) is 19.9. The van der Waals surface area contributed by atoms with E-state index >= 15 is 0 Å². The van der Waals surface area contributed by atoms with Crippen LogP contribution in [0.5, 0.6) is 0 Å². The zero-order valence-corrected chi connectivity index (χ0v) is 16.2. The molecule has 1 heterocycles. The number of carbonyl (C=O) groups excluding carboxylic acids is 2. The monoisotopic (exact) mass is 355 g/mol. The molecular formula is C21H29N3O2. The molecule has 0 bridgehead atoms. The van der Waals surface area contributed by atoms with Crippen molar-refractivity contribution in [2.45, 2.75) is 33.6 Å². The van der Waals surface area contributed by atoms with Crippen molar-refractivity contribution in [2.75, 3.05) is 20.1 Å². The maximum absolute atomic E-state index is 12.2. The number of hydrogen-bond acceptors (Lipinski definition) is 3. The van der Waals surface area contributed by atoms with Crippen LogP contribution in [0.25, 0.3) is 10.8 Å². The minimum atomic E-state index is 0.00131. The topological polar surface area (TPSA) is 62.3 Å². The molecule has 2 rings (SSSR count). The zero-order chi connectivity index (χ0) is 19.1. The first-order valence-electron chi connectivity index (χ1n) is 9.18. The van der Waals surface area contributed by atoms with E-state index in [4.69, 9.17) is 0 Å². The molecule has 1 atom stereocenters. The quantitative estimate of drug-likeness (QED) is 0.792. The minimum absolute atomic E-state index is 0.00131. The second-order valence-corrected chi connectivity index (χ2v) is 7.52. The summed E-state index contributed by atoms with van der Waals surface area (Å²) in [5.74, 6) is 0.727. The zero-order valence-electron chi connectivity index (χ0n) is 16.2. The van der Waals surface area contributed by atoms with Crippen molar-refractivity contribution < 1.29 is 9.59 Å². The van der Waals surface area contributed by atoms with E-state index in [1.165, 1.54) is 0 Å². The lowest BCUT2D eigenvalue weighted by Gasteiger charge is -2.22. The number of carbonyl (C=O) groups is 2. The Morgan fingerprint density at radius 2 is 1.92 bits per heavy atom. The number of aromatic nitrogens is 1. The normalized spacial score (nSPS) is 12.2. The van der Waals surface area contributed by atoms with Gasteiger partial charge in [0, 0.05) is 44.3 Å². The predicted octanol–water partition coefficient (Wildman–Crippen LogP) is 3.03. The Bertz CT molecular complexity index is 758. The fourth-order valence-corrected chi connectivity index (χ4v) is 2.92. The van der Waals surface area contributed by atoms with Gasteiger partial charge >= 0.3 is 0 Å². The van der Waals surface area contributed by atoms with Crippen molar-refractivity contribution in [3.05, 3.63) is 42.2 Å². The van der Waals surface area contributed by atoms with Gasteiger partial charge in [0.25, 0.3) is 0 Å². The summed E-state index contributed by atoms with van der Waals surface area (Å²) in [6, 6.07) is 7.93. The Labute approximate surface area is 155 Å². The molecule has 1 unspecified atom stereocenters. The fourth-order valence-electron chi connectivity index (χ4n) is 2.92. The van der Waals surface area contributed by atoms with Gasteiger partial charge in [-0.2, -0.15) is 0 Å². The van der Waals surface area contributed by atoms with Gasteiger partial charge in [0.05, 0.1) is 6.42 Å². The lowest BCUT2D eigenvalue weighted by atomic mass is 10.1. The average Bonchev–Trinajstić information content (AvgIpc) is 2.59. The molecule has 0 aliphatic carbocycles. The fraction of sp³-hybridized carbons (Fsp3) is 0.476. The van der Waals surface area contributed by atoms with Crippen molar-refractivity contribution in [3.8, 4) is 0 Å². The Kier molecular flexibility index (Phi) is 7.13. The Hall–Kier alpha value is -2.43. The minimum Gasteiger partial charge on any atom is -0.355 e. The summed E-state index contributed by atoms with van der Waals surface area (Å²) in [4.78, 5) is 30.1. The van der Waals surface area contributed by atoms with Gasteiger partial charge in [0.1, 0.15) is 0 Å².